The lowest BCUT2D eigenvalue weighted by Gasteiger charge is -2.19. The van der Waals surface area contributed by atoms with Gasteiger partial charge in [0.05, 0.1) is 5.92 Å². The molecule has 0 bridgehead atoms. The van der Waals surface area contributed by atoms with Crippen LogP contribution in [0.2, 0.25) is 0 Å². The molecule has 1 heterocycles. The number of nitrogens with one attached hydrogen (secondary N) is 1. The first-order chi connectivity index (χ1) is 10.5. The van der Waals surface area contributed by atoms with Gasteiger partial charge in [0.15, 0.2) is 0 Å². The predicted molar refractivity (Wildman–Crippen MR) is 88.9 cm³/mol. The van der Waals surface area contributed by atoms with Crippen LogP contribution in [0.4, 0.5) is 5.69 Å². The third kappa shape index (κ3) is 3.49. The zero-order valence-electron chi connectivity index (χ0n) is 14.0. The third-order valence-electron chi connectivity index (χ3n) is 4.63. The Labute approximate surface area is 132 Å². The van der Waals surface area contributed by atoms with E-state index in [4.69, 9.17) is 0 Å². The minimum absolute atomic E-state index is 0.00776. The van der Waals surface area contributed by atoms with Crippen LogP contribution in [-0.4, -0.2) is 24.4 Å². The zero-order chi connectivity index (χ0) is 16.3. The number of anilines is 1. The van der Waals surface area contributed by atoms with Gasteiger partial charge >= 0.3 is 0 Å². The first-order valence-corrected chi connectivity index (χ1v) is 8.14. The van der Waals surface area contributed by atoms with Crippen LogP contribution in [0.1, 0.15) is 44.2 Å². The summed E-state index contributed by atoms with van der Waals surface area (Å²) in [5.74, 6) is -0.198. The number of hydrogen-bond donors (Lipinski definition) is 1. The van der Waals surface area contributed by atoms with Gasteiger partial charge in [0.1, 0.15) is 0 Å². The Balaban J connectivity index is 2.07. The van der Waals surface area contributed by atoms with Gasteiger partial charge in [0.25, 0.3) is 0 Å². The lowest BCUT2D eigenvalue weighted by molar-refractivity contribution is -0.127. The van der Waals surface area contributed by atoms with E-state index in [2.05, 4.69) is 26.1 Å². The van der Waals surface area contributed by atoms with Crippen molar-refractivity contribution in [2.75, 3.05) is 11.4 Å². The van der Waals surface area contributed by atoms with Crippen molar-refractivity contribution in [3.63, 3.8) is 0 Å². The fraction of sp³-hybridized carbons (Fsp3) is 0.556. The fourth-order valence-corrected chi connectivity index (χ4v) is 2.84. The second kappa shape index (κ2) is 6.95. The van der Waals surface area contributed by atoms with Gasteiger partial charge in [-0.05, 0) is 49.9 Å². The third-order valence-corrected chi connectivity index (χ3v) is 4.63. The number of hydrogen-bond acceptors (Lipinski definition) is 2. The van der Waals surface area contributed by atoms with Crippen LogP contribution in [0.3, 0.4) is 0 Å². The van der Waals surface area contributed by atoms with E-state index in [1.165, 1.54) is 5.56 Å². The van der Waals surface area contributed by atoms with Crippen molar-refractivity contribution >= 4 is 17.5 Å². The van der Waals surface area contributed by atoms with Crippen molar-refractivity contribution in [3.05, 3.63) is 29.3 Å². The summed E-state index contributed by atoms with van der Waals surface area (Å²) in [6, 6.07) is 6.21. The largest absolute Gasteiger partial charge is 0.353 e. The number of carbonyl (C=O) groups excluding carboxylic acids is 2. The molecular weight excluding hydrogens is 276 g/mol. The summed E-state index contributed by atoms with van der Waals surface area (Å²) in [6.07, 6.45) is 2.15. The van der Waals surface area contributed by atoms with Crippen LogP contribution in [0, 0.1) is 19.8 Å². The first-order valence-electron chi connectivity index (χ1n) is 8.14. The summed E-state index contributed by atoms with van der Waals surface area (Å²) >= 11 is 0. The van der Waals surface area contributed by atoms with E-state index in [0.717, 1.165) is 24.1 Å². The van der Waals surface area contributed by atoms with E-state index >= 15 is 0 Å². The van der Waals surface area contributed by atoms with Crippen LogP contribution in [0.15, 0.2) is 18.2 Å². The van der Waals surface area contributed by atoms with Crippen LogP contribution in [0.25, 0.3) is 0 Å². The molecule has 0 aromatic heterocycles. The Kier molecular flexibility index (Phi) is 5.22. The molecule has 4 heteroatoms. The van der Waals surface area contributed by atoms with Gasteiger partial charge in [-0.2, -0.15) is 0 Å². The van der Waals surface area contributed by atoms with Gasteiger partial charge < -0.3 is 10.2 Å². The molecule has 1 aromatic carbocycles. The summed E-state index contributed by atoms with van der Waals surface area (Å²) < 4.78 is 0. The fourth-order valence-electron chi connectivity index (χ4n) is 2.84. The topological polar surface area (TPSA) is 49.4 Å². The molecule has 1 aromatic rings. The maximum Gasteiger partial charge on any atom is 0.227 e. The molecule has 1 saturated heterocycles. The van der Waals surface area contributed by atoms with E-state index < -0.39 is 0 Å². The van der Waals surface area contributed by atoms with E-state index in [0.29, 0.717) is 13.0 Å². The van der Waals surface area contributed by atoms with Crippen molar-refractivity contribution in [2.45, 2.75) is 53.0 Å². The average molecular weight is 302 g/mol. The highest BCUT2D eigenvalue weighted by molar-refractivity contribution is 6.00. The van der Waals surface area contributed by atoms with E-state index in [1.54, 1.807) is 4.90 Å². The van der Waals surface area contributed by atoms with Crippen LogP contribution < -0.4 is 10.2 Å². The minimum atomic E-state index is -0.241. The Hall–Kier alpha value is -1.84. The second-order valence-corrected chi connectivity index (χ2v) is 6.20. The molecule has 1 aliphatic rings. The Bertz CT molecular complexity index is 564. The SMILES string of the molecule is CCC(CC)NC(=O)[C@H]1CC(=O)N(c2ccc(C)c(C)c2)C1. The van der Waals surface area contributed by atoms with Crippen LogP contribution in [0.5, 0.6) is 0 Å². The van der Waals surface area contributed by atoms with Gasteiger partial charge in [0, 0.05) is 24.7 Å². The lowest BCUT2D eigenvalue weighted by atomic mass is 10.1. The molecule has 2 rings (SSSR count). The van der Waals surface area contributed by atoms with Crippen molar-refractivity contribution in [3.8, 4) is 0 Å². The average Bonchev–Trinajstić information content (AvgIpc) is 2.89. The van der Waals surface area contributed by atoms with Gasteiger partial charge in [0.2, 0.25) is 11.8 Å². The summed E-state index contributed by atoms with van der Waals surface area (Å²) in [5.41, 5.74) is 3.26. The minimum Gasteiger partial charge on any atom is -0.353 e. The van der Waals surface area contributed by atoms with Gasteiger partial charge in [-0.15, -0.1) is 0 Å². The predicted octanol–water partition coefficient (Wildman–Crippen LogP) is 2.96. The summed E-state index contributed by atoms with van der Waals surface area (Å²) in [4.78, 5) is 26.3. The highest BCUT2D eigenvalue weighted by Gasteiger charge is 2.35. The molecule has 1 fully saturated rings. The first kappa shape index (κ1) is 16.5. The summed E-state index contributed by atoms with van der Waals surface area (Å²) in [5, 5.41) is 3.05. The molecule has 0 spiro atoms. The van der Waals surface area contributed by atoms with Crippen LogP contribution in [-0.2, 0) is 9.59 Å². The zero-order valence-corrected chi connectivity index (χ0v) is 14.0. The highest BCUT2D eigenvalue weighted by Crippen LogP contribution is 2.27. The van der Waals surface area contributed by atoms with E-state index in [1.807, 2.05) is 25.1 Å². The van der Waals surface area contributed by atoms with Gasteiger partial charge in [-0.25, -0.2) is 0 Å². The number of benzene rings is 1. The molecule has 2 amide bonds. The number of carbonyl (C=O) groups is 2. The quantitative estimate of drug-likeness (QED) is 0.909. The number of rotatable bonds is 5. The van der Waals surface area contributed by atoms with Crippen molar-refractivity contribution < 1.29 is 9.59 Å². The second-order valence-electron chi connectivity index (χ2n) is 6.20. The Morgan fingerprint density at radius 1 is 1.27 bits per heavy atom. The molecule has 1 aliphatic heterocycles. The molecule has 4 nitrogen and oxygen atoms in total. The van der Waals surface area contributed by atoms with Crippen molar-refractivity contribution in [1.29, 1.82) is 0 Å². The monoisotopic (exact) mass is 302 g/mol. The maximum absolute atomic E-state index is 12.3. The van der Waals surface area contributed by atoms with Gasteiger partial charge in [-0.1, -0.05) is 19.9 Å². The molecule has 1 atom stereocenters. The Morgan fingerprint density at radius 3 is 2.55 bits per heavy atom. The Morgan fingerprint density at radius 2 is 1.95 bits per heavy atom. The molecule has 1 N–H and O–H groups in total. The summed E-state index contributed by atoms with van der Waals surface area (Å²) in [6.45, 7) is 8.70. The number of nitrogens with zero attached hydrogens (tertiary/aromatic N) is 1. The lowest BCUT2D eigenvalue weighted by Crippen LogP contribution is -2.39. The standard InChI is InChI=1S/C18H26N2O2/c1-5-15(6-2)19-18(22)14-10-17(21)20(11-14)16-8-7-12(3)13(4)9-16/h7-9,14-15H,5-6,10-11H2,1-4H3,(H,19,22)/t14-/m0/s1. The summed E-state index contributed by atoms with van der Waals surface area (Å²) in [7, 11) is 0. The normalized spacial score (nSPS) is 18.1. The number of amides is 2. The molecule has 22 heavy (non-hydrogen) atoms. The van der Waals surface area contributed by atoms with Crippen molar-refractivity contribution in [1.82, 2.24) is 5.32 Å². The van der Waals surface area contributed by atoms with Crippen LogP contribution >= 0.6 is 0 Å². The molecule has 0 aliphatic carbocycles. The molecule has 0 radical (unpaired) electrons. The molecular formula is C18H26N2O2. The number of aryl methyl sites for hydroxylation is 2. The van der Waals surface area contributed by atoms with E-state index in [-0.39, 0.29) is 23.8 Å². The smallest absolute Gasteiger partial charge is 0.227 e. The molecule has 0 unspecified atom stereocenters. The molecule has 120 valence electrons. The highest BCUT2D eigenvalue weighted by atomic mass is 16.2. The molecule has 0 saturated carbocycles. The maximum atomic E-state index is 12.3. The van der Waals surface area contributed by atoms with Gasteiger partial charge in [-0.3, -0.25) is 9.59 Å². The van der Waals surface area contributed by atoms with Crippen molar-refractivity contribution in [2.24, 2.45) is 5.92 Å². The van der Waals surface area contributed by atoms with E-state index in [9.17, 15) is 9.59 Å².